The maximum atomic E-state index is 12.0. The van der Waals surface area contributed by atoms with Crippen LogP contribution in [0, 0.1) is 6.92 Å². The minimum absolute atomic E-state index is 0.0173. The molecule has 1 saturated heterocycles. The van der Waals surface area contributed by atoms with Gasteiger partial charge in [0.05, 0.1) is 25.9 Å². The molecule has 1 fully saturated rings. The lowest BCUT2D eigenvalue weighted by atomic mass is 10.1. The van der Waals surface area contributed by atoms with Gasteiger partial charge in [-0.25, -0.2) is 0 Å². The number of nitrogens with one attached hydrogen (secondary N) is 1. The van der Waals surface area contributed by atoms with Crippen LogP contribution in [-0.4, -0.2) is 63.4 Å². The fourth-order valence-electron chi connectivity index (χ4n) is 2.51. The van der Waals surface area contributed by atoms with E-state index >= 15 is 0 Å². The zero-order chi connectivity index (χ0) is 15.9. The van der Waals surface area contributed by atoms with Gasteiger partial charge in [0.25, 0.3) is 0 Å². The molecule has 2 atom stereocenters. The zero-order valence-electron chi connectivity index (χ0n) is 13.2. The molecule has 1 aliphatic heterocycles. The van der Waals surface area contributed by atoms with E-state index in [1.165, 1.54) is 7.11 Å². The number of hydrogen-bond acceptors (Lipinski definition) is 6. The summed E-state index contributed by atoms with van der Waals surface area (Å²) in [6.45, 7) is 5.56. The molecule has 1 amide bonds. The number of carbonyl (C=O) groups is 1. The van der Waals surface area contributed by atoms with E-state index in [1.54, 1.807) is 0 Å². The summed E-state index contributed by atoms with van der Waals surface area (Å²) in [7, 11) is 1.52. The highest BCUT2D eigenvalue weighted by Gasteiger charge is 2.26. The molecule has 7 nitrogen and oxygen atoms in total. The fraction of sp³-hybridized carbons (Fsp3) is 0.667. The highest BCUT2D eigenvalue weighted by Crippen LogP contribution is 2.23. The largest absolute Gasteiger partial charge is 0.465 e. The third kappa shape index (κ3) is 4.54. The summed E-state index contributed by atoms with van der Waals surface area (Å²) in [5.41, 5.74) is 5.74. The average Bonchev–Trinajstić information content (AvgIpc) is 2.95. The van der Waals surface area contributed by atoms with Crippen molar-refractivity contribution in [1.29, 1.82) is 0 Å². The van der Waals surface area contributed by atoms with Crippen molar-refractivity contribution in [2.45, 2.75) is 19.0 Å². The number of morpholine rings is 1. The van der Waals surface area contributed by atoms with Gasteiger partial charge >= 0.3 is 0 Å². The first kappa shape index (κ1) is 17.0. The zero-order valence-corrected chi connectivity index (χ0v) is 13.2. The van der Waals surface area contributed by atoms with Crippen molar-refractivity contribution in [3.8, 4) is 0 Å². The third-order valence-electron chi connectivity index (χ3n) is 3.73. The predicted octanol–water partition coefficient (Wildman–Crippen LogP) is 0.0512. The summed E-state index contributed by atoms with van der Waals surface area (Å²) in [5, 5.41) is 2.89. The summed E-state index contributed by atoms with van der Waals surface area (Å²) in [4.78, 5) is 14.2. The van der Waals surface area contributed by atoms with Crippen LogP contribution >= 0.6 is 0 Å². The number of methoxy groups -OCH3 is 1. The molecule has 22 heavy (non-hydrogen) atoms. The Kier molecular flexibility index (Phi) is 6.38. The highest BCUT2D eigenvalue weighted by atomic mass is 16.5. The SMILES string of the molecule is COCC(N)C(=O)NCC(c1ccc(C)o1)N1CCOCC1. The lowest BCUT2D eigenvalue weighted by molar-refractivity contribution is -0.123. The average molecular weight is 311 g/mol. The number of amides is 1. The van der Waals surface area contributed by atoms with Gasteiger partial charge in [0.2, 0.25) is 5.91 Å². The van der Waals surface area contributed by atoms with Crippen LogP contribution < -0.4 is 11.1 Å². The standard InChI is InChI=1S/C15H25N3O4/c1-11-3-4-14(22-11)13(18-5-7-21-8-6-18)9-17-15(19)12(16)10-20-2/h3-4,12-13H,5-10,16H2,1-2H3,(H,17,19). The van der Waals surface area contributed by atoms with Gasteiger partial charge in [0.1, 0.15) is 17.6 Å². The number of aryl methyl sites for hydroxylation is 1. The first-order chi connectivity index (χ1) is 10.6. The van der Waals surface area contributed by atoms with Crippen LogP contribution in [0.3, 0.4) is 0 Å². The molecule has 2 heterocycles. The molecule has 7 heteroatoms. The molecule has 0 radical (unpaired) electrons. The minimum atomic E-state index is -0.659. The molecule has 1 aromatic rings. The van der Waals surface area contributed by atoms with Crippen LogP contribution in [0.1, 0.15) is 17.6 Å². The second-order valence-corrected chi connectivity index (χ2v) is 5.42. The molecule has 1 aromatic heterocycles. The quantitative estimate of drug-likeness (QED) is 0.739. The van der Waals surface area contributed by atoms with Crippen LogP contribution in [0.2, 0.25) is 0 Å². The van der Waals surface area contributed by atoms with Gasteiger partial charge < -0.3 is 24.9 Å². The molecular weight excluding hydrogens is 286 g/mol. The first-order valence-corrected chi connectivity index (χ1v) is 7.52. The van der Waals surface area contributed by atoms with E-state index in [-0.39, 0.29) is 18.6 Å². The van der Waals surface area contributed by atoms with Gasteiger partial charge in [-0.05, 0) is 19.1 Å². The Morgan fingerprint density at radius 3 is 2.77 bits per heavy atom. The highest BCUT2D eigenvalue weighted by molar-refractivity contribution is 5.81. The molecule has 124 valence electrons. The first-order valence-electron chi connectivity index (χ1n) is 7.52. The van der Waals surface area contributed by atoms with E-state index < -0.39 is 6.04 Å². The number of furan rings is 1. The van der Waals surface area contributed by atoms with Crippen molar-refractivity contribution in [3.05, 3.63) is 23.7 Å². The number of nitrogens with two attached hydrogens (primary N) is 1. The van der Waals surface area contributed by atoms with Crippen molar-refractivity contribution in [1.82, 2.24) is 10.2 Å². The van der Waals surface area contributed by atoms with Crippen molar-refractivity contribution in [2.24, 2.45) is 5.73 Å². The summed E-state index contributed by atoms with van der Waals surface area (Å²) in [6.07, 6.45) is 0. The Bertz CT molecular complexity index is 471. The number of nitrogens with zero attached hydrogens (tertiary/aromatic N) is 1. The Balaban J connectivity index is 2.00. The fourth-order valence-corrected chi connectivity index (χ4v) is 2.51. The van der Waals surface area contributed by atoms with Gasteiger partial charge in [0.15, 0.2) is 0 Å². The molecule has 0 spiro atoms. The summed E-state index contributed by atoms with van der Waals surface area (Å²) < 4.78 is 16.0. The number of carbonyl (C=O) groups excluding carboxylic acids is 1. The number of hydrogen-bond donors (Lipinski definition) is 2. The lowest BCUT2D eigenvalue weighted by Gasteiger charge is -2.33. The molecular formula is C15H25N3O4. The van der Waals surface area contributed by atoms with Crippen molar-refractivity contribution in [2.75, 3.05) is 46.6 Å². The van der Waals surface area contributed by atoms with E-state index in [9.17, 15) is 4.79 Å². The molecule has 1 aliphatic rings. The number of ether oxygens (including phenoxy) is 2. The van der Waals surface area contributed by atoms with E-state index in [1.807, 2.05) is 19.1 Å². The molecule has 0 aliphatic carbocycles. The second kappa shape index (κ2) is 8.28. The topological polar surface area (TPSA) is 90.0 Å². The summed E-state index contributed by atoms with van der Waals surface area (Å²) >= 11 is 0. The van der Waals surface area contributed by atoms with Crippen molar-refractivity contribution >= 4 is 5.91 Å². The van der Waals surface area contributed by atoms with Crippen LogP contribution in [-0.2, 0) is 14.3 Å². The smallest absolute Gasteiger partial charge is 0.239 e. The van der Waals surface area contributed by atoms with E-state index in [4.69, 9.17) is 19.6 Å². The van der Waals surface area contributed by atoms with Crippen molar-refractivity contribution in [3.63, 3.8) is 0 Å². The molecule has 0 aromatic carbocycles. The van der Waals surface area contributed by atoms with Crippen molar-refractivity contribution < 1.29 is 18.7 Å². The number of rotatable bonds is 7. The Hall–Kier alpha value is -1.41. The Labute approximate surface area is 130 Å². The molecule has 0 bridgehead atoms. The van der Waals surface area contributed by atoms with Gasteiger partial charge in [-0.3, -0.25) is 9.69 Å². The normalized spacial score (nSPS) is 18.9. The van der Waals surface area contributed by atoms with Gasteiger partial charge in [-0.1, -0.05) is 0 Å². The summed E-state index contributed by atoms with van der Waals surface area (Å²) in [6, 6.07) is 3.21. The lowest BCUT2D eigenvalue weighted by Crippen LogP contribution is -2.48. The van der Waals surface area contributed by atoms with Gasteiger partial charge in [-0.15, -0.1) is 0 Å². The van der Waals surface area contributed by atoms with E-state index in [0.717, 1.165) is 24.6 Å². The van der Waals surface area contributed by atoms with E-state index in [0.29, 0.717) is 19.8 Å². The minimum Gasteiger partial charge on any atom is -0.465 e. The molecule has 0 saturated carbocycles. The maximum Gasteiger partial charge on any atom is 0.239 e. The van der Waals surface area contributed by atoms with Gasteiger partial charge in [-0.2, -0.15) is 0 Å². The monoisotopic (exact) mass is 311 g/mol. The Morgan fingerprint density at radius 1 is 1.45 bits per heavy atom. The second-order valence-electron chi connectivity index (χ2n) is 5.42. The molecule has 2 rings (SSSR count). The van der Waals surface area contributed by atoms with Crippen LogP contribution in [0.4, 0.5) is 0 Å². The van der Waals surface area contributed by atoms with E-state index in [2.05, 4.69) is 10.2 Å². The third-order valence-corrected chi connectivity index (χ3v) is 3.73. The van der Waals surface area contributed by atoms with Crippen LogP contribution in [0.15, 0.2) is 16.5 Å². The van der Waals surface area contributed by atoms with Crippen LogP contribution in [0.5, 0.6) is 0 Å². The molecule has 2 unspecified atom stereocenters. The predicted molar refractivity (Wildman–Crippen MR) is 81.4 cm³/mol. The summed E-state index contributed by atoms with van der Waals surface area (Å²) in [5.74, 6) is 1.49. The Morgan fingerprint density at radius 2 is 2.18 bits per heavy atom. The van der Waals surface area contributed by atoms with Gasteiger partial charge in [0, 0.05) is 26.7 Å². The maximum absolute atomic E-state index is 12.0. The molecule has 3 N–H and O–H groups in total. The van der Waals surface area contributed by atoms with Crippen LogP contribution in [0.25, 0.3) is 0 Å².